The van der Waals surface area contributed by atoms with E-state index in [4.69, 9.17) is 4.74 Å². The molecule has 0 unspecified atom stereocenters. The van der Waals surface area contributed by atoms with Gasteiger partial charge >= 0.3 is 0 Å². The zero-order valence-corrected chi connectivity index (χ0v) is 6.52. The van der Waals surface area contributed by atoms with Gasteiger partial charge in [-0.2, -0.15) is 0 Å². The Morgan fingerprint density at radius 2 is 2.10 bits per heavy atom. The number of hydrogen-bond donors (Lipinski definition) is 0. The van der Waals surface area contributed by atoms with Crippen LogP contribution in [0.3, 0.4) is 0 Å². The van der Waals surface area contributed by atoms with E-state index in [1.165, 1.54) is 12.8 Å². The lowest BCUT2D eigenvalue weighted by Crippen LogP contribution is -1.85. The molecule has 1 rings (SSSR count). The lowest BCUT2D eigenvalue weighted by atomic mass is 10.2. The summed E-state index contributed by atoms with van der Waals surface area (Å²) in [6.07, 6.45) is 6.58. The average Bonchev–Trinajstić information content (AvgIpc) is 2.13. The Balaban J connectivity index is 2.54. The average molecular weight is 138 g/mol. The summed E-state index contributed by atoms with van der Waals surface area (Å²) in [6.45, 7) is 5.82. The van der Waals surface area contributed by atoms with Gasteiger partial charge in [0.1, 0.15) is 0 Å². The fourth-order valence-corrected chi connectivity index (χ4v) is 1.11. The Bertz CT molecular complexity index is 156. The zero-order chi connectivity index (χ0) is 7.40. The first-order valence-electron chi connectivity index (χ1n) is 3.83. The van der Waals surface area contributed by atoms with E-state index in [9.17, 15) is 0 Å². The minimum Gasteiger partial charge on any atom is -0.467 e. The molecule has 0 atom stereocenters. The Morgan fingerprint density at radius 3 is 2.80 bits per heavy atom. The van der Waals surface area contributed by atoms with Gasteiger partial charge in [0.05, 0.1) is 11.5 Å². The van der Waals surface area contributed by atoms with Crippen LogP contribution in [0.2, 0.25) is 0 Å². The van der Waals surface area contributed by atoms with Crippen LogP contribution in [0.4, 0.5) is 0 Å². The van der Waals surface area contributed by atoms with Gasteiger partial charge in [-0.3, -0.25) is 0 Å². The van der Waals surface area contributed by atoms with Crippen LogP contribution in [0.25, 0.3) is 0 Å². The molecule has 1 nitrogen and oxygen atoms in total. The van der Waals surface area contributed by atoms with Crippen LogP contribution in [0.5, 0.6) is 0 Å². The molecule has 0 aliphatic carbocycles. The van der Waals surface area contributed by atoms with Gasteiger partial charge in [-0.1, -0.05) is 6.58 Å². The highest BCUT2D eigenvalue weighted by Gasteiger charge is 2.06. The summed E-state index contributed by atoms with van der Waals surface area (Å²) >= 11 is 0. The molecular formula is C9H14O. The van der Waals surface area contributed by atoms with Crippen LogP contribution in [-0.4, -0.2) is 0 Å². The molecule has 0 N–H and O–H groups in total. The maximum atomic E-state index is 5.43. The first kappa shape index (κ1) is 7.39. The largest absolute Gasteiger partial charge is 0.467 e. The van der Waals surface area contributed by atoms with E-state index in [2.05, 4.69) is 6.58 Å². The summed E-state index contributed by atoms with van der Waals surface area (Å²) in [4.78, 5) is 0. The predicted octanol–water partition coefficient (Wildman–Crippen LogP) is 2.99. The minimum absolute atomic E-state index is 0.922. The molecule has 0 aromatic heterocycles. The summed E-state index contributed by atoms with van der Waals surface area (Å²) < 4.78 is 5.43. The SMILES string of the molecule is C=C1CCCC/C(=C\C)O1. The van der Waals surface area contributed by atoms with Gasteiger partial charge in [0.25, 0.3) is 0 Å². The van der Waals surface area contributed by atoms with Gasteiger partial charge in [-0.25, -0.2) is 0 Å². The highest BCUT2D eigenvalue weighted by Crippen LogP contribution is 2.21. The van der Waals surface area contributed by atoms with Crippen LogP contribution in [-0.2, 0) is 4.74 Å². The van der Waals surface area contributed by atoms with Gasteiger partial charge in [0, 0.05) is 12.8 Å². The molecule has 0 aromatic carbocycles. The van der Waals surface area contributed by atoms with Gasteiger partial charge in [-0.15, -0.1) is 0 Å². The quantitative estimate of drug-likeness (QED) is 0.500. The van der Waals surface area contributed by atoms with Crippen molar-refractivity contribution < 1.29 is 4.74 Å². The van der Waals surface area contributed by atoms with E-state index in [1.54, 1.807) is 0 Å². The number of ether oxygens (including phenoxy) is 1. The lowest BCUT2D eigenvalue weighted by Gasteiger charge is -2.04. The van der Waals surface area contributed by atoms with Crippen molar-refractivity contribution in [2.75, 3.05) is 0 Å². The molecule has 1 heteroatoms. The van der Waals surface area contributed by atoms with Gasteiger partial charge in [-0.05, 0) is 25.8 Å². The fourth-order valence-electron chi connectivity index (χ4n) is 1.11. The monoisotopic (exact) mass is 138 g/mol. The Hall–Kier alpha value is -0.720. The first-order chi connectivity index (χ1) is 4.83. The Labute approximate surface area is 62.4 Å². The number of allylic oxidation sites excluding steroid dienone is 3. The molecule has 1 heterocycles. The standard InChI is InChI=1S/C9H14O/c1-3-9-7-5-4-6-8(2)10-9/h3H,2,4-7H2,1H3/b9-3+. The normalized spacial score (nSPS) is 24.1. The van der Waals surface area contributed by atoms with Gasteiger partial charge in [0.15, 0.2) is 0 Å². The molecule has 0 saturated carbocycles. The fraction of sp³-hybridized carbons (Fsp3) is 0.556. The molecule has 0 spiro atoms. The Kier molecular flexibility index (Phi) is 2.55. The summed E-state index contributed by atoms with van der Waals surface area (Å²) in [5.41, 5.74) is 0. The molecule has 1 aliphatic rings. The Morgan fingerprint density at radius 1 is 1.40 bits per heavy atom. The molecule has 0 amide bonds. The van der Waals surface area contributed by atoms with Crippen molar-refractivity contribution in [3.63, 3.8) is 0 Å². The van der Waals surface area contributed by atoms with E-state index < -0.39 is 0 Å². The van der Waals surface area contributed by atoms with Crippen LogP contribution in [0.1, 0.15) is 32.6 Å². The summed E-state index contributed by atoms with van der Waals surface area (Å²) in [6, 6.07) is 0. The zero-order valence-electron chi connectivity index (χ0n) is 6.52. The third kappa shape index (κ3) is 1.90. The second-order valence-electron chi connectivity index (χ2n) is 2.60. The molecule has 0 aromatic rings. The molecule has 1 fully saturated rings. The van der Waals surface area contributed by atoms with E-state index in [1.807, 2.05) is 13.0 Å². The van der Waals surface area contributed by atoms with Crippen LogP contribution in [0.15, 0.2) is 24.2 Å². The molecule has 1 saturated heterocycles. The van der Waals surface area contributed by atoms with Crippen molar-refractivity contribution in [1.82, 2.24) is 0 Å². The van der Waals surface area contributed by atoms with E-state index >= 15 is 0 Å². The topological polar surface area (TPSA) is 9.23 Å². The van der Waals surface area contributed by atoms with Gasteiger partial charge in [0.2, 0.25) is 0 Å². The van der Waals surface area contributed by atoms with Crippen molar-refractivity contribution in [3.05, 3.63) is 24.2 Å². The molecule has 0 radical (unpaired) electrons. The lowest BCUT2D eigenvalue weighted by molar-refractivity contribution is 0.294. The molecule has 1 aliphatic heterocycles. The highest BCUT2D eigenvalue weighted by atomic mass is 16.5. The second kappa shape index (κ2) is 3.45. The first-order valence-corrected chi connectivity index (χ1v) is 3.83. The molecule has 56 valence electrons. The third-order valence-corrected chi connectivity index (χ3v) is 1.73. The van der Waals surface area contributed by atoms with Crippen LogP contribution in [0, 0.1) is 0 Å². The maximum Gasteiger partial charge on any atom is 0.0993 e. The predicted molar refractivity (Wildman–Crippen MR) is 42.5 cm³/mol. The maximum absolute atomic E-state index is 5.43. The van der Waals surface area contributed by atoms with Crippen molar-refractivity contribution in [3.8, 4) is 0 Å². The third-order valence-electron chi connectivity index (χ3n) is 1.73. The van der Waals surface area contributed by atoms with E-state index in [-0.39, 0.29) is 0 Å². The van der Waals surface area contributed by atoms with Gasteiger partial charge < -0.3 is 4.74 Å². The van der Waals surface area contributed by atoms with Crippen LogP contribution < -0.4 is 0 Å². The van der Waals surface area contributed by atoms with Crippen molar-refractivity contribution in [2.24, 2.45) is 0 Å². The van der Waals surface area contributed by atoms with Crippen LogP contribution >= 0.6 is 0 Å². The second-order valence-corrected chi connectivity index (χ2v) is 2.60. The minimum atomic E-state index is 0.922. The summed E-state index contributed by atoms with van der Waals surface area (Å²) in [7, 11) is 0. The molecule has 10 heavy (non-hydrogen) atoms. The number of hydrogen-bond acceptors (Lipinski definition) is 1. The summed E-state index contributed by atoms with van der Waals surface area (Å²) in [5, 5.41) is 0. The summed E-state index contributed by atoms with van der Waals surface area (Å²) in [5.74, 6) is 2.01. The molecular weight excluding hydrogens is 124 g/mol. The number of rotatable bonds is 0. The van der Waals surface area contributed by atoms with Crippen molar-refractivity contribution >= 4 is 0 Å². The van der Waals surface area contributed by atoms with Crippen molar-refractivity contribution in [1.29, 1.82) is 0 Å². The smallest absolute Gasteiger partial charge is 0.0993 e. The highest BCUT2D eigenvalue weighted by molar-refractivity contribution is 4.99. The molecule has 0 bridgehead atoms. The van der Waals surface area contributed by atoms with E-state index in [0.717, 1.165) is 24.4 Å². The van der Waals surface area contributed by atoms with E-state index in [0.29, 0.717) is 0 Å². The van der Waals surface area contributed by atoms with Crippen molar-refractivity contribution in [2.45, 2.75) is 32.6 Å².